The molecule has 0 saturated heterocycles. The third-order valence-corrected chi connectivity index (χ3v) is 2.87. The van der Waals surface area contributed by atoms with Gasteiger partial charge in [0.05, 0.1) is 5.25 Å². The van der Waals surface area contributed by atoms with E-state index >= 15 is 0 Å². The first-order valence-electron chi connectivity index (χ1n) is 4.34. The Labute approximate surface area is 78.4 Å². The molecule has 0 aromatic carbocycles. The lowest BCUT2D eigenvalue weighted by atomic mass is 10.3. The maximum atomic E-state index is 10.9. The summed E-state index contributed by atoms with van der Waals surface area (Å²) in [5.41, 5.74) is 2.15. The van der Waals surface area contributed by atoms with Gasteiger partial charge in [-0.3, -0.25) is 10.2 Å². The lowest BCUT2D eigenvalue weighted by Crippen LogP contribution is -2.36. The van der Waals surface area contributed by atoms with Gasteiger partial charge in [-0.2, -0.15) is 0 Å². The Morgan fingerprint density at radius 2 is 2.25 bits per heavy atom. The number of amides is 1. The molecule has 3 nitrogen and oxygen atoms in total. The molecule has 0 saturated carbocycles. The van der Waals surface area contributed by atoms with Crippen LogP contribution in [0.3, 0.4) is 0 Å². The van der Waals surface area contributed by atoms with E-state index in [9.17, 15) is 4.79 Å². The van der Waals surface area contributed by atoms with Gasteiger partial charge in [0, 0.05) is 0 Å². The third-order valence-electron chi connectivity index (χ3n) is 1.63. The van der Waals surface area contributed by atoms with Crippen LogP contribution in [0.5, 0.6) is 0 Å². The second-order valence-corrected chi connectivity index (χ2v) is 4.18. The first-order chi connectivity index (χ1) is 5.72. The largest absolute Gasteiger partial charge is 0.293 e. The Morgan fingerprint density at radius 1 is 1.58 bits per heavy atom. The molecule has 1 unspecified atom stereocenters. The van der Waals surface area contributed by atoms with Crippen molar-refractivity contribution in [2.24, 2.45) is 5.84 Å². The number of thioether (sulfide) groups is 1. The number of unbranched alkanes of at least 4 members (excludes halogenated alkanes) is 2. The number of carbonyl (C=O) groups excluding carboxylic acids is 1. The van der Waals surface area contributed by atoms with Crippen molar-refractivity contribution in [1.82, 2.24) is 5.43 Å². The van der Waals surface area contributed by atoms with Crippen molar-refractivity contribution < 1.29 is 4.79 Å². The van der Waals surface area contributed by atoms with Crippen LogP contribution in [-0.4, -0.2) is 16.9 Å². The molecule has 1 atom stereocenters. The highest BCUT2D eigenvalue weighted by Crippen LogP contribution is 2.12. The van der Waals surface area contributed by atoms with Crippen molar-refractivity contribution in [3.05, 3.63) is 0 Å². The molecule has 0 aliphatic rings. The van der Waals surface area contributed by atoms with Crippen LogP contribution in [0.15, 0.2) is 0 Å². The molecule has 0 heterocycles. The van der Waals surface area contributed by atoms with Gasteiger partial charge < -0.3 is 0 Å². The summed E-state index contributed by atoms with van der Waals surface area (Å²) in [5.74, 6) is 5.95. The highest BCUT2D eigenvalue weighted by atomic mass is 32.2. The molecule has 0 aliphatic heterocycles. The minimum atomic E-state index is -0.0866. The van der Waals surface area contributed by atoms with E-state index in [0.717, 1.165) is 5.75 Å². The number of carbonyl (C=O) groups is 1. The Balaban J connectivity index is 3.31. The van der Waals surface area contributed by atoms with Gasteiger partial charge in [-0.1, -0.05) is 19.8 Å². The summed E-state index contributed by atoms with van der Waals surface area (Å²) >= 11 is 1.66. The fourth-order valence-corrected chi connectivity index (χ4v) is 1.75. The molecule has 1 amide bonds. The molecule has 4 heteroatoms. The number of nitrogens with one attached hydrogen (secondary N) is 1. The Bertz CT molecular complexity index is 130. The smallest absolute Gasteiger partial charge is 0.246 e. The van der Waals surface area contributed by atoms with Crippen LogP contribution >= 0.6 is 11.8 Å². The average molecular weight is 190 g/mol. The zero-order valence-electron chi connectivity index (χ0n) is 7.80. The van der Waals surface area contributed by atoms with Crippen LogP contribution in [0.1, 0.15) is 33.1 Å². The molecule has 0 aromatic heterocycles. The van der Waals surface area contributed by atoms with Crippen LogP contribution in [0, 0.1) is 0 Å². The van der Waals surface area contributed by atoms with Crippen molar-refractivity contribution in [1.29, 1.82) is 0 Å². The predicted octanol–water partition coefficient (Wildman–Crippen LogP) is 1.29. The molecule has 0 radical (unpaired) electrons. The van der Waals surface area contributed by atoms with Gasteiger partial charge in [0.25, 0.3) is 0 Å². The number of hydrogen-bond donors (Lipinski definition) is 2. The van der Waals surface area contributed by atoms with Gasteiger partial charge in [0.2, 0.25) is 5.91 Å². The van der Waals surface area contributed by atoms with Crippen molar-refractivity contribution in [3.63, 3.8) is 0 Å². The molecule has 0 rings (SSSR count). The van der Waals surface area contributed by atoms with Crippen LogP contribution in [0.2, 0.25) is 0 Å². The summed E-state index contributed by atoms with van der Waals surface area (Å²) in [6.45, 7) is 4.04. The first-order valence-corrected chi connectivity index (χ1v) is 5.39. The first kappa shape index (κ1) is 11.8. The van der Waals surface area contributed by atoms with Crippen LogP contribution < -0.4 is 11.3 Å². The molecule has 0 aromatic rings. The maximum Gasteiger partial charge on any atom is 0.246 e. The standard InChI is InChI=1S/C8H18N2OS/c1-3-4-5-6-12-7(2)8(11)10-9/h7H,3-6,9H2,1-2H3,(H,10,11). The molecule has 0 aliphatic carbocycles. The lowest BCUT2D eigenvalue weighted by Gasteiger charge is -2.08. The van der Waals surface area contributed by atoms with E-state index in [1.165, 1.54) is 19.3 Å². The van der Waals surface area contributed by atoms with Gasteiger partial charge in [-0.25, -0.2) is 5.84 Å². The van der Waals surface area contributed by atoms with Gasteiger partial charge in [-0.15, -0.1) is 11.8 Å². The molecule has 72 valence electrons. The number of hydrogen-bond acceptors (Lipinski definition) is 3. The quantitative estimate of drug-likeness (QED) is 0.287. The lowest BCUT2D eigenvalue weighted by molar-refractivity contribution is -0.120. The van der Waals surface area contributed by atoms with E-state index in [1.807, 2.05) is 6.92 Å². The zero-order chi connectivity index (χ0) is 9.40. The molecule has 0 fully saturated rings. The molecule has 0 spiro atoms. The van der Waals surface area contributed by atoms with Crippen LogP contribution in [0.4, 0.5) is 0 Å². The summed E-state index contributed by atoms with van der Waals surface area (Å²) in [5, 5.41) is -0.0214. The van der Waals surface area contributed by atoms with Gasteiger partial charge in [-0.05, 0) is 19.1 Å². The van der Waals surface area contributed by atoms with E-state index in [1.54, 1.807) is 11.8 Å². The molecule has 3 N–H and O–H groups in total. The molecule has 12 heavy (non-hydrogen) atoms. The summed E-state index contributed by atoms with van der Waals surface area (Å²) in [4.78, 5) is 10.9. The average Bonchev–Trinajstić information content (AvgIpc) is 2.10. The van der Waals surface area contributed by atoms with Crippen molar-refractivity contribution in [2.45, 2.75) is 38.4 Å². The number of hydrazine groups is 1. The Hall–Kier alpha value is -0.220. The van der Waals surface area contributed by atoms with E-state index in [2.05, 4.69) is 12.3 Å². The summed E-state index contributed by atoms with van der Waals surface area (Å²) < 4.78 is 0. The topological polar surface area (TPSA) is 55.1 Å². The second-order valence-electron chi connectivity index (χ2n) is 2.73. The highest BCUT2D eigenvalue weighted by Gasteiger charge is 2.10. The molecular formula is C8H18N2OS. The van der Waals surface area contributed by atoms with E-state index in [-0.39, 0.29) is 11.2 Å². The minimum Gasteiger partial charge on any atom is -0.293 e. The third kappa shape index (κ3) is 5.43. The van der Waals surface area contributed by atoms with E-state index in [0.29, 0.717) is 0 Å². The number of rotatable bonds is 6. The van der Waals surface area contributed by atoms with Crippen LogP contribution in [0.25, 0.3) is 0 Å². The Morgan fingerprint density at radius 3 is 2.75 bits per heavy atom. The highest BCUT2D eigenvalue weighted by molar-refractivity contribution is 8.00. The van der Waals surface area contributed by atoms with E-state index in [4.69, 9.17) is 5.84 Å². The zero-order valence-corrected chi connectivity index (χ0v) is 8.62. The maximum absolute atomic E-state index is 10.9. The second kappa shape index (κ2) is 7.43. The minimum absolute atomic E-state index is 0.0214. The molecular weight excluding hydrogens is 172 g/mol. The summed E-state index contributed by atoms with van der Waals surface area (Å²) in [7, 11) is 0. The monoisotopic (exact) mass is 190 g/mol. The van der Waals surface area contributed by atoms with Gasteiger partial charge in [0.1, 0.15) is 0 Å². The SMILES string of the molecule is CCCCCSC(C)C(=O)NN. The fourth-order valence-electron chi connectivity index (χ4n) is 0.805. The normalized spacial score (nSPS) is 12.6. The fraction of sp³-hybridized carbons (Fsp3) is 0.875. The van der Waals surface area contributed by atoms with Crippen molar-refractivity contribution in [2.75, 3.05) is 5.75 Å². The van der Waals surface area contributed by atoms with Crippen LogP contribution in [-0.2, 0) is 4.79 Å². The summed E-state index contributed by atoms with van der Waals surface area (Å²) in [6, 6.07) is 0. The van der Waals surface area contributed by atoms with Gasteiger partial charge >= 0.3 is 0 Å². The molecule has 0 bridgehead atoms. The predicted molar refractivity (Wildman–Crippen MR) is 53.8 cm³/mol. The Kier molecular flexibility index (Phi) is 7.29. The van der Waals surface area contributed by atoms with Gasteiger partial charge in [0.15, 0.2) is 0 Å². The van der Waals surface area contributed by atoms with Crippen molar-refractivity contribution in [3.8, 4) is 0 Å². The van der Waals surface area contributed by atoms with Crippen molar-refractivity contribution >= 4 is 17.7 Å². The summed E-state index contributed by atoms with van der Waals surface area (Å²) in [6.07, 6.45) is 3.64. The number of nitrogens with two attached hydrogens (primary N) is 1. The van der Waals surface area contributed by atoms with E-state index < -0.39 is 0 Å².